The first-order chi connectivity index (χ1) is 11.6. The van der Waals surface area contributed by atoms with E-state index in [1.807, 2.05) is 12.1 Å². The molecule has 24 heavy (non-hydrogen) atoms. The van der Waals surface area contributed by atoms with Crippen molar-refractivity contribution in [3.8, 4) is 5.75 Å². The quantitative estimate of drug-likeness (QED) is 0.654. The highest BCUT2D eigenvalue weighted by Gasteiger charge is 2.02. The number of pyridine rings is 1. The minimum Gasteiger partial charge on any atom is -0.508 e. The summed E-state index contributed by atoms with van der Waals surface area (Å²) in [7, 11) is 0. The lowest BCUT2D eigenvalue weighted by Gasteiger charge is -2.02. The number of fused-ring (bicyclic) bond motifs is 1. The van der Waals surface area contributed by atoms with Crippen molar-refractivity contribution in [2.75, 3.05) is 0 Å². The molecule has 0 fully saturated rings. The SMILES string of the molecule is CC(C)CC[n+]1ccc(/C=C/c2ccc3cc(O)ccc3c2)cc1. The third-order valence-corrected chi connectivity index (χ3v) is 4.20. The summed E-state index contributed by atoms with van der Waals surface area (Å²) in [4.78, 5) is 0. The van der Waals surface area contributed by atoms with E-state index in [0.29, 0.717) is 5.75 Å². The minimum absolute atomic E-state index is 0.306. The Morgan fingerprint density at radius 1 is 0.875 bits per heavy atom. The van der Waals surface area contributed by atoms with Crippen molar-refractivity contribution < 1.29 is 9.67 Å². The molecule has 0 spiro atoms. The second-order valence-corrected chi connectivity index (χ2v) is 6.68. The van der Waals surface area contributed by atoms with Gasteiger partial charge in [-0.2, -0.15) is 0 Å². The fraction of sp³-hybridized carbons (Fsp3) is 0.227. The second-order valence-electron chi connectivity index (χ2n) is 6.68. The van der Waals surface area contributed by atoms with Gasteiger partial charge in [-0.25, -0.2) is 4.57 Å². The fourth-order valence-corrected chi connectivity index (χ4v) is 2.68. The average Bonchev–Trinajstić information content (AvgIpc) is 2.59. The molecule has 2 nitrogen and oxygen atoms in total. The van der Waals surface area contributed by atoms with Crippen LogP contribution in [-0.2, 0) is 6.54 Å². The van der Waals surface area contributed by atoms with Crippen LogP contribution in [0.5, 0.6) is 5.75 Å². The number of phenolic OH excluding ortho intramolecular Hbond substituents is 1. The van der Waals surface area contributed by atoms with Gasteiger partial charge in [0.1, 0.15) is 12.3 Å². The minimum atomic E-state index is 0.306. The Kier molecular flexibility index (Phi) is 4.95. The molecular formula is C22H24NO+. The van der Waals surface area contributed by atoms with Crippen molar-refractivity contribution >= 4 is 22.9 Å². The van der Waals surface area contributed by atoms with Crippen molar-refractivity contribution in [1.82, 2.24) is 0 Å². The fourth-order valence-electron chi connectivity index (χ4n) is 2.68. The predicted molar refractivity (Wildman–Crippen MR) is 101 cm³/mol. The van der Waals surface area contributed by atoms with Crippen molar-refractivity contribution in [3.05, 3.63) is 72.1 Å². The number of nitrogens with zero attached hydrogens (tertiary/aromatic N) is 1. The van der Waals surface area contributed by atoms with Crippen LogP contribution in [0.3, 0.4) is 0 Å². The van der Waals surface area contributed by atoms with Gasteiger partial charge in [-0.05, 0) is 46.0 Å². The van der Waals surface area contributed by atoms with E-state index in [1.165, 1.54) is 12.0 Å². The van der Waals surface area contributed by atoms with Gasteiger partial charge < -0.3 is 5.11 Å². The molecule has 0 aliphatic rings. The molecule has 0 aliphatic heterocycles. The van der Waals surface area contributed by atoms with Crippen LogP contribution in [0, 0.1) is 5.92 Å². The number of aromatic hydroxyl groups is 1. The van der Waals surface area contributed by atoms with Crippen molar-refractivity contribution in [3.63, 3.8) is 0 Å². The summed E-state index contributed by atoms with van der Waals surface area (Å²) < 4.78 is 2.24. The summed E-state index contributed by atoms with van der Waals surface area (Å²) in [5.74, 6) is 1.03. The Bertz CT molecular complexity index is 847. The summed E-state index contributed by atoms with van der Waals surface area (Å²) >= 11 is 0. The summed E-state index contributed by atoms with van der Waals surface area (Å²) in [6.07, 6.45) is 9.75. The molecule has 122 valence electrons. The van der Waals surface area contributed by atoms with Gasteiger partial charge in [0.05, 0.1) is 0 Å². The number of rotatable bonds is 5. The molecule has 0 saturated heterocycles. The molecule has 0 amide bonds. The first-order valence-corrected chi connectivity index (χ1v) is 8.50. The van der Waals surface area contributed by atoms with E-state index < -0.39 is 0 Å². The molecule has 3 aromatic rings. The van der Waals surface area contributed by atoms with Gasteiger partial charge in [0, 0.05) is 18.6 Å². The van der Waals surface area contributed by atoms with Gasteiger partial charge in [-0.15, -0.1) is 0 Å². The Hall–Kier alpha value is -2.61. The lowest BCUT2D eigenvalue weighted by molar-refractivity contribution is -0.698. The molecule has 0 unspecified atom stereocenters. The molecule has 0 bridgehead atoms. The van der Waals surface area contributed by atoms with Gasteiger partial charge in [-0.1, -0.05) is 44.2 Å². The predicted octanol–water partition coefficient (Wildman–Crippen LogP) is 5.05. The second kappa shape index (κ2) is 7.31. The Balaban J connectivity index is 1.72. The van der Waals surface area contributed by atoms with Crippen molar-refractivity contribution in [2.45, 2.75) is 26.8 Å². The molecule has 0 aliphatic carbocycles. The lowest BCUT2D eigenvalue weighted by Crippen LogP contribution is -2.33. The molecule has 0 saturated carbocycles. The third-order valence-electron chi connectivity index (χ3n) is 4.20. The zero-order valence-corrected chi connectivity index (χ0v) is 14.3. The van der Waals surface area contributed by atoms with Gasteiger partial charge in [0.2, 0.25) is 0 Å². The van der Waals surface area contributed by atoms with Crippen LogP contribution in [0.2, 0.25) is 0 Å². The molecular weight excluding hydrogens is 294 g/mol. The number of aromatic nitrogens is 1. The van der Waals surface area contributed by atoms with E-state index in [1.54, 1.807) is 12.1 Å². The van der Waals surface area contributed by atoms with E-state index in [0.717, 1.165) is 28.8 Å². The highest BCUT2D eigenvalue weighted by molar-refractivity contribution is 5.87. The molecule has 1 aromatic heterocycles. The topological polar surface area (TPSA) is 24.1 Å². The molecule has 1 heterocycles. The van der Waals surface area contributed by atoms with Gasteiger partial charge in [0.25, 0.3) is 0 Å². The summed E-state index contributed by atoms with van der Waals surface area (Å²) in [6, 6.07) is 16.0. The molecule has 2 aromatic carbocycles. The number of aryl methyl sites for hydroxylation is 1. The summed E-state index contributed by atoms with van der Waals surface area (Å²) in [5.41, 5.74) is 2.35. The van der Waals surface area contributed by atoms with E-state index in [2.05, 4.69) is 67.2 Å². The molecule has 3 rings (SSSR count). The zero-order chi connectivity index (χ0) is 16.9. The van der Waals surface area contributed by atoms with Crippen LogP contribution in [0.4, 0.5) is 0 Å². The number of benzene rings is 2. The van der Waals surface area contributed by atoms with Gasteiger partial charge in [0.15, 0.2) is 12.4 Å². The maximum atomic E-state index is 9.53. The number of phenols is 1. The van der Waals surface area contributed by atoms with Crippen LogP contribution < -0.4 is 4.57 Å². The highest BCUT2D eigenvalue weighted by Crippen LogP contribution is 2.22. The maximum Gasteiger partial charge on any atom is 0.169 e. The molecule has 1 N–H and O–H groups in total. The standard InChI is InChI=1S/C22H23NO/c1-17(2)9-12-23-13-10-18(11-14-23)3-4-19-5-6-21-16-22(24)8-7-20(21)15-19/h3-8,10-11,13-17H,9,12H2,1-2H3/p+1. The Labute approximate surface area is 143 Å². The Morgan fingerprint density at radius 3 is 2.29 bits per heavy atom. The van der Waals surface area contributed by atoms with Gasteiger partial charge >= 0.3 is 0 Å². The van der Waals surface area contributed by atoms with E-state index in [9.17, 15) is 5.11 Å². The third kappa shape index (κ3) is 4.23. The highest BCUT2D eigenvalue weighted by atomic mass is 16.3. The maximum absolute atomic E-state index is 9.53. The van der Waals surface area contributed by atoms with Crippen molar-refractivity contribution in [2.24, 2.45) is 5.92 Å². The van der Waals surface area contributed by atoms with Crippen LogP contribution in [0.15, 0.2) is 60.9 Å². The van der Waals surface area contributed by atoms with Crippen LogP contribution in [0.1, 0.15) is 31.4 Å². The summed E-state index contributed by atoms with van der Waals surface area (Å²) in [6.45, 7) is 5.57. The number of hydrogen-bond donors (Lipinski definition) is 1. The van der Waals surface area contributed by atoms with E-state index >= 15 is 0 Å². The normalized spacial score (nSPS) is 11.6. The van der Waals surface area contributed by atoms with Crippen LogP contribution in [-0.4, -0.2) is 5.11 Å². The zero-order valence-electron chi connectivity index (χ0n) is 14.3. The molecule has 0 atom stereocenters. The Morgan fingerprint density at radius 2 is 1.54 bits per heavy atom. The lowest BCUT2D eigenvalue weighted by atomic mass is 10.1. The summed E-state index contributed by atoms with van der Waals surface area (Å²) in [5, 5.41) is 11.7. The largest absolute Gasteiger partial charge is 0.508 e. The van der Waals surface area contributed by atoms with E-state index in [-0.39, 0.29) is 0 Å². The smallest absolute Gasteiger partial charge is 0.169 e. The monoisotopic (exact) mass is 318 g/mol. The first-order valence-electron chi connectivity index (χ1n) is 8.50. The first kappa shape index (κ1) is 16.3. The van der Waals surface area contributed by atoms with Gasteiger partial charge in [-0.3, -0.25) is 0 Å². The van der Waals surface area contributed by atoms with E-state index in [4.69, 9.17) is 0 Å². The average molecular weight is 318 g/mol. The molecule has 0 radical (unpaired) electrons. The van der Waals surface area contributed by atoms with Crippen LogP contribution in [0.25, 0.3) is 22.9 Å². The van der Waals surface area contributed by atoms with Crippen molar-refractivity contribution in [1.29, 1.82) is 0 Å². The van der Waals surface area contributed by atoms with Crippen LogP contribution >= 0.6 is 0 Å². The number of hydrogen-bond acceptors (Lipinski definition) is 1. The molecule has 2 heteroatoms.